The molecule has 1 aliphatic rings. The molecule has 0 saturated heterocycles. The van der Waals surface area contributed by atoms with Crippen LogP contribution in [0.2, 0.25) is 10.0 Å². The van der Waals surface area contributed by atoms with Crippen molar-refractivity contribution in [3.8, 4) is 11.5 Å². The minimum atomic E-state index is -0.515. The molecule has 2 aromatic rings. The highest BCUT2D eigenvalue weighted by Crippen LogP contribution is 2.31. The van der Waals surface area contributed by atoms with Gasteiger partial charge in [0.2, 0.25) is 0 Å². The van der Waals surface area contributed by atoms with Gasteiger partial charge in [0, 0.05) is 16.5 Å². The lowest BCUT2D eigenvalue weighted by Crippen LogP contribution is -2.39. The molecule has 4 nitrogen and oxygen atoms in total. The fraction of sp³-hybridized carbons (Fsp3) is 0.235. The van der Waals surface area contributed by atoms with Crippen molar-refractivity contribution >= 4 is 29.1 Å². The largest absolute Gasteiger partial charge is 0.492 e. The van der Waals surface area contributed by atoms with Crippen LogP contribution >= 0.6 is 23.2 Å². The van der Waals surface area contributed by atoms with Crippen molar-refractivity contribution in [2.45, 2.75) is 12.5 Å². The second kappa shape index (κ2) is 7.11. The number of fused-ring (bicyclic) bond motifs is 1. The van der Waals surface area contributed by atoms with E-state index < -0.39 is 6.10 Å². The first-order chi connectivity index (χ1) is 11.1. The van der Waals surface area contributed by atoms with Crippen LogP contribution in [-0.2, 0) is 11.2 Å². The van der Waals surface area contributed by atoms with Gasteiger partial charge in [-0.25, -0.2) is 0 Å². The molecule has 1 heterocycles. The number of ether oxygens (including phenoxy) is 2. The van der Waals surface area contributed by atoms with Gasteiger partial charge >= 0.3 is 0 Å². The van der Waals surface area contributed by atoms with E-state index in [0.717, 1.165) is 5.56 Å². The van der Waals surface area contributed by atoms with E-state index in [2.05, 4.69) is 5.32 Å². The van der Waals surface area contributed by atoms with Crippen LogP contribution in [-0.4, -0.2) is 25.2 Å². The minimum Gasteiger partial charge on any atom is -0.492 e. The van der Waals surface area contributed by atoms with Crippen LogP contribution in [0.3, 0.4) is 0 Å². The van der Waals surface area contributed by atoms with Gasteiger partial charge < -0.3 is 14.8 Å². The Balaban J connectivity index is 1.43. The maximum Gasteiger partial charge on any atom is 0.261 e. The fourth-order valence-corrected chi connectivity index (χ4v) is 2.67. The highest BCUT2D eigenvalue weighted by atomic mass is 35.5. The van der Waals surface area contributed by atoms with Crippen molar-refractivity contribution in [1.29, 1.82) is 0 Å². The summed E-state index contributed by atoms with van der Waals surface area (Å²) in [6.45, 7) is 0.775. The number of carbonyl (C=O) groups excluding carboxylic acids is 1. The zero-order valence-electron chi connectivity index (χ0n) is 12.2. The Labute approximate surface area is 144 Å². The third kappa shape index (κ3) is 4.09. The maximum atomic E-state index is 12.1. The molecule has 6 heteroatoms. The Morgan fingerprint density at radius 3 is 2.70 bits per heavy atom. The number of benzene rings is 2. The molecule has 1 N–H and O–H groups in total. The molecule has 0 unspecified atom stereocenters. The van der Waals surface area contributed by atoms with Crippen LogP contribution in [0.1, 0.15) is 5.56 Å². The second-order valence-corrected chi connectivity index (χ2v) is 6.03. The summed E-state index contributed by atoms with van der Waals surface area (Å²) < 4.78 is 11.1. The number of carbonyl (C=O) groups is 1. The summed E-state index contributed by atoms with van der Waals surface area (Å²) >= 11 is 11.7. The Bertz CT molecular complexity index is 703. The number of nitrogens with one attached hydrogen (secondary N) is 1. The molecule has 23 heavy (non-hydrogen) atoms. The lowest BCUT2D eigenvalue weighted by atomic mass is 10.1. The van der Waals surface area contributed by atoms with Crippen molar-refractivity contribution in [2.24, 2.45) is 0 Å². The summed E-state index contributed by atoms with van der Waals surface area (Å²) in [4.78, 5) is 12.1. The molecule has 120 valence electrons. The number of halogens is 2. The van der Waals surface area contributed by atoms with Gasteiger partial charge in [0.1, 0.15) is 18.1 Å². The van der Waals surface area contributed by atoms with E-state index >= 15 is 0 Å². The number of amides is 1. The zero-order valence-corrected chi connectivity index (χ0v) is 13.7. The van der Waals surface area contributed by atoms with E-state index in [4.69, 9.17) is 32.7 Å². The van der Waals surface area contributed by atoms with Crippen molar-refractivity contribution in [2.75, 3.05) is 13.2 Å². The van der Waals surface area contributed by atoms with Gasteiger partial charge in [0.25, 0.3) is 5.91 Å². The first kappa shape index (κ1) is 16.0. The predicted octanol–water partition coefficient (Wildman–Crippen LogP) is 3.49. The molecule has 0 aromatic heterocycles. The van der Waals surface area contributed by atoms with Crippen molar-refractivity contribution in [1.82, 2.24) is 5.32 Å². The van der Waals surface area contributed by atoms with Gasteiger partial charge in [0.05, 0.1) is 6.54 Å². The fourth-order valence-electron chi connectivity index (χ4n) is 2.35. The van der Waals surface area contributed by atoms with Crippen LogP contribution in [0.4, 0.5) is 0 Å². The molecule has 0 spiro atoms. The van der Waals surface area contributed by atoms with E-state index in [1.54, 1.807) is 36.4 Å². The standard InChI is InChI=1S/C17H15Cl2NO3/c18-12-1-4-14(5-2-12)22-8-7-20-17(21)16-10-11-9-13(19)3-6-15(11)23-16/h1-6,9,16H,7-8,10H2,(H,20,21)/t16-/m0/s1. The Morgan fingerprint density at radius 1 is 1.17 bits per heavy atom. The molecule has 0 saturated carbocycles. The van der Waals surface area contributed by atoms with Crippen molar-refractivity contribution in [3.05, 3.63) is 58.1 Å². The molecule has 2 aromatic carbocycles. The highest BCUT2D eigenvalue weighted by molar-refractivity contribution is 6.30. The van der Waals surface area contributed by atoms with Crippen LogP contribution < -0.4 is 14.8 Å². The van der Waals surface area contributed by atoms with Crippen LogP contribution in [0, 0.1) is 0 Å². The van der Waals surface area contributed by atoms with Gasteiger partial charge in [-0.1, -0.05) is 23.2 Å². The Hall–Kier alpha value is -1.91. The molecule has 1 atom stereocenters. The summed E-state index contributed by atoms with van der Waals surface area (Å²) in [7, 11) is 0. The number of hydrogen-bond acceptors (Lipinski definition) is 3. The Kier molecular flexibility index (Phi) is 4.94. The van der Waals surface area contributed by atoms with Crippen LogP contribution in [0.25, 0.3) is 0 Å². The van der Waals surface area contributed by atoms with Crippen molar-refractivity contribution < 1.29 is 14.3 Å². The van der Waals surface area contributed by atoms with Crippen LogP contribution in [0.5, 0.6) is 11.5 Å². The van der Waals surface area contributed by atoms with Gasteiger partial charge in [-0.05, 0) is 48.0 Å². The molecule has 3 rings (SSSR count). The lowest BCUT2D eigenvalue weighted by Gasteiger charge is -2.12. The monoisotopic (exact) mass is 351 g/mol. The topological polar surface area (TPSA) is 47.6 Å². The van der Waals surface area contributed by atoms with Crippen LogP contribution in [0.15, 0.2) is 42.5 Å². The number of rotatable bonds is 5. The van der Waals surface area contributed by atoms with Gasteiger partial charge in [-0.3, -0.25) is 4.79 Å². The van der Waals surface area contributed by atoms with E-state index in [1.807, 2.05) is 6.07 Å². The average molecular weight is 352 g/mol. The normalized spacial score (nSPS) is 15.7. The predicted molar refractivity (Wildman–Crippen MR) is 89.5 cm³/mol. The van der Waals surface area contributed by atoms with Gasteiger partial charge in [-0.15, -0.1) is 0 Å². The summed E-state index contributed by atoms with van der Waals surface area (Å²) in [5.41, 5.74) is 0.954. The van der Waals surface area contributed by atoms with E-state index in [0.29, 0.717) is 41.1 Å². The first-order valence-electron chi connectivity index (χ1n) is 7.23. The van der Waals surface area contributed by atoms with E-state index in [-0.39, 0.29) is 5.91 Å². The van der Waals surface area contributed by atoms with Gasteiger partial charge in [0.15, 0.2) is 6.10 Å². The first-order valence-corrected chi connectivity index (χ1v) is 7.98. The lowest BCUT2D eigenvalue weighted by molar-refractivity contribution is -0.127. The molecule has 1 amide bonds. The quantitative estimate of drug-likeness (QED) is 0.838. The second-order valence-electron chi connectivity index (χ2n) is 5.16. The maximum absolute atomic E-state index is 12.1. The molecule has 0 bridgehead atoms. The molecule has 1 aliphatic heterocycles. The molecular weight excluding hydrogens is 337 g/mol. The average Bonchev–Trinajstić information content (AvgIpc) is 2.96. The number of hydrogen-bond donors (Lipinski definition) is 1. The van der Waals surface area contributed by atoms with Crippen molar-refractivity contribution in [3.63, 3.8) is 0 Å². The zero-order chi connectivity index (χ0) is 16.2. The third-order valence-corrected chi connectivity index (χ3v) is 3.96. The molecule has 0 radical (unpaired) electrons. The molecule has 0 aliphatic carbocycles. The summed E-state index contributed by atoms with van der Waals surface area (Å²) in [6, 6.07) is 12.4. The smallest absolute Gasteiger partial charge is 0.261 e. The Morgan fingerprint density at radius 2 is 1.91 bits per heavy atom. The SMILES string of the molecule is O=C(NCCOc1ccc(Cl)cc1)[C@@H]1Cc2cc(Cl)ccc2O1. The van der Waals surface area contributed by atoms with E-state index in [9.17, 15) is 4.79 Å². The van der Waals surface area contributed by atoms with E-state index in [1.165, 1.54) is 0 Å². The summed E-state index contributed by atoms with van der Waals surface area (Å²) in [5.74, 6) is 1.27. The van der Waals surface area contributed by atoms with Gasteiger partial charge in [-0.2, -0.15) is 0 Å². The summed E-state index contributed by atoms with van der Waals surface area (Å²) in [5, 5.41) is 4.11. The third-order valence-electron chi connectivity index (χ3n) is 3.47. The minimum absolute atomic E-state index is 0.156. The molecular formula is C17H15Cl2NO3. The molecule has 0 fully saturated rings. The highest BCUT2D eigenvalue weighted by Gasteiger charge is 2.28. The summed E-state index contributed by atoms with van der Waals surface area (Å²) in [6.07, 6.45) is 0.0127.